The lowest BCUT2D eigenvalue weighted by Gasteiger charge is -2.05. The molecule has 0 aromatic carbocycles. The fourth-order valence-electron chi connectivity index (χ4n) is 0.676. The van der Waals surface area contributed by atoms with E-state index in [0.717, 1.165) is 6.20 Å². The summed E-state index contributed by atoms with van der Waals surface area (Å²) in [4.78, 5) is 3.59. The van der Waals surface area contributed by atoms with Crippen molar-refractivity contribution >= 4 is 34.2 Å². The zero-order valence-electron chi connectivity index (χ0n) is 5.56. The van der Waals surface area contributed by atoms with E-state index in [2.05, 4.69) is 4.98 Å². The molecule has 0 aliphatic heterocycles. The molecule has 66 valence electrons. The molecule has 2 nitrogen and oxygen atoms in total. The maximum atomic E-state index is 12.2. The van der Waals surface area contributed by atoms with Crippen molar-refractivity contribution in [3.05, 3.63) is 20.5 Å². The number of nitrogens with zero attached hydrogens (tertiary/aromatic N) is 1. The Morgan fingerprint density at radius 1 is 1.58 bits per heavy atom. The van der Waals surface area contributed by atoms with Crippen LogP contribution in [-0.2, 0) is 0 Å². The van der Waals surface area contributed by atoms with Crippen molar-refractivity contribution in [1.29, 1.82) is 0 Å². The maximum Gasteiger partial charge on any atom is 0.269 e. The minimum atomic E-state index is -2.78. The number of alkyl halides is 2. The van der Waals surface area contributed by atoms with Crippen LogP contribution in [-0.4, -0.2) is 10.1 Å². The molecule has 0 saturated carbocycles. The van der Waals surface area contributed by atoms with Gasteiger partial charge >= 0.3 is 0 Å². The molecule has 0 bridgehead atoms. The van der Waals surface area contributed by atoms with Crippen LogP contribution >= 0.6 is 34.2 Å². The van der Waals surface area contributed by atoms with Gasteiger partial charge < -0.3 is 5.11 Å². The molecule has 0 atom stereocenters. The Morgan fingerprint density at radius 3 is 2.58 bits per heavy atom. The molecular formula is C6H3ClF2INO. The summed E-state index contributed by atoms with van der Waals surface area (Å²) in [6, 6.07) is 0. The van der Waals surface area contributed by atoms with E-state index in [9.17, 15) is 8.78 Å². The smallest absolute Gasteiger partial charge is 0.269 e. The third-order valence-electron chi connectivity index (χ3n) is 1.22. The molecular weight excluding hydrogens is 302 g/mol. The highest BCUT2D eigenvalue weighted by atomic mass is 127. The van der Waals surface area contributed by atoms with Crippen molar-refractivity contribution in [1.82, 2.24) is 4.98 Å². The number of pyridine rings is 1. The fraction of sp³-hybridized carbons (Fsp3) is 0.167. The van der Waals surface area contributed by atoms with Crippen molar-refractivity contribution in [3.8, 4) is 5.75 Å². The van der Waals surface area contributed by atoms with Crippen LogP contribution in [0.4, 0.5) is 8.78 Å². The number of hydrogen-bond acceptors (Lipinski definition) is 2. The molecule has 1 rings (SSSR count). The molecule has 1 N–H and O–H groups in total. The summed E-state index contributed by atoms with van der Waals surface area (Å²) in [5.41, 5.74) is -0.559. The quantitative estimate of drug-likeness (QED) is 0.639. The van der Waals surface area contributed by atoms with Gasteiger partial charge in [-0.15, -0.1) is 0 Å². The van der Waals surface area contributed by atoms with E-state index in [1.165, 1.54) is 0 Å². The summed E-state index contributed by atoms with van der Waals surface area (Å²) in [7, 11) is 0. The Labute approximate surface area is 85.7 Å². The summed E-state index contributed by atoms with van der Waals surface area (Å²) in [5.74, 6) is -0.543. The highest BCUT2D eigenvalue weighted by molar-refractivity contribution is 14.1. The van der Waals surface area contributed by atoms with Gasteiger partial charge in [-0.3, -0.25) is 0 Å². The summed E-state index contributed by atoms with van der Waals surface area (Å²) in [6.07, 6.45) is -1.70. The van der Waals surface area contributed by atoms with E-state index in [0.29, 0.717) is 0 Å². The molecule has 0 amide bonds. The number of rotatable bonds is 1. The first kappa shape index (κ1) is 9.91. The molecule has 0 spiro atoms. The molecule has 6 heteroatoms. The summed E-state index contributed by atoms with van der Waals surface area (Å²) < 4.78 is 24.5. The van der Waals surface area contributed by atoms with Crippen LogP contribution in [0.5, 0.6) is 5.75 Å². The molecule has 0 aliphatic carbocycles. The SMILES string of the molecule is Oc1c(I)ncc(Cl)c1C(F)F. The Balaban J connectivity index is 3.33. The molecule has 0 saturated heterocycles. The van der Waals surface area contributed by atoms with Gasteiger partial charge in [0.15, 0.2) is 5.75 Å². The van der Waals surface area contributed by atoms with Crippen molar-refractivity contribution < 1.29 is 13.9 Å². The van der Waals surface area contributed by atoms with Gasteiger partial charge in [0.2, 0.25) is 0 Å². The lowest BCUT2D eigenvalue weighted by atomic mass is 10.2. The van der Waals surface area contributed by atoms with Gasteiger partial charge in [-0.2, -0.15) is 0 Å². The van der Waals surface area contributed by atoms with Crippen LogP contribution in [0.2, 0.25) is 5.02 Å². The van der Waals surface area contributed by atoms with Gasteiger partial charge in [-0.25, -0.2) is 13.8 Å². The first-order chi connectivity index (χ1) is 5.54. The standard InChI is InChI=1S/C6H3ClF2INO/c7-2-1-11-6(10)4(12)3(2)5(8)9/h1,5,12H. The molecule has 1 aromatic heterocycles. The normalized spacial score (nSPS) is 10.8. The van der Waals surface area contributed by atoms with Crippen molar-refractivity contribution in [2.45, 2.75) is 6.43 Å². The molecule has 0 unspecified atom stereocenters. The second kappa shape index (κ2) is 3.69. The van der Waals surface area contributed by atoms with Gasteiger partial charge in [-0.1, -0.05) is 11.6 Å². The Hall–Kier alpha value is -0.170. The molecule has 0 fully saturated rings. The highest BCUT2D eigenvalue weighted by Gasteiger charge is 2.19. The van der Waals surface area contributed by atoms with E-state index in [1.54, 1.807) is 22.6 Å². The summed E-state index contributed by atoms with van der Waals surface area (Å²) in [6.45, 7) is 0. The van der Waals surface area contributed by atoms with Crippen molar-refractivity contribution in [2.75, 3.05) is 0 Å². The zero-order valence-corrected chi connectivity index (χ0v) is 8.47. The highest BCUT2D eigenvalue weighted by Crippen LogP contribution is 2.35. The van der Waals surface area contributed by atoms with Crippen LogP contribution < -0.4 is 0 Å². The topological polar surface area (TPSA) is 33.1 Å². The largest absolute Gasteiger partial charge is 0.505 e. The van der Waals surface area contributed by atoms with Crippen LogP contribution in [0.1, 0.15) is 12.0 Å². The van der Waals surface area contributed by atoms with Gasteiger partial charge in [0.1, 0.15) is 3.70 Å². The van der Waals surface area contributed by atoms with E-state index < -0.39 is 17.7 Å². The Kier molecular flexibility index (Phi) is 3.05. The number of hydrogen-bond donors (Lipinski definition) is 1. The summed E-state index contributed by atoms with van der Waals surface area (Å²) >= 11 is 7.04. The van der Waals surface area contributed by atoms with Crippen LogP contribution in [0.3, 0.4) is 0 Å². The minimum absolute atomic E-state index is 0.118. The first-order valence-electron chi connectivity index (χ1n) is 2.85. The predicted octanol–water partition coefficient (Wildman–Crippen LogP) is 2.98. The molecule has 0 radical (unpaired) electrons. The third kappa shape index (κ3) is 1.77. The Morgan fingerprint density at radius 2 is 2.17 bits per heavy atom. The second-order valence-electron chi connectivity index (χ2n) is 1.96. The molecule has 1 aromatic rings. The lowest BCUT2D eigenvalue weighted by Crippen LogP contribution is -1.92. The minimum Gasteiger partial charge on any atom is -0.505 e. The average molecular weight is 305 g/mol. The average Bonchev–Trinajstić information content (AvgIpc) is 1.97. The Bertz CT molecular complexity index is 308. The second-order valence-corrected chi connectivity index (χ2v) is 3.39. The predicted molar refractivity (Wildman–Crippen MR) is 48.6 cm³/mol. The van der Waals surface area contributed by atoms with E-state index in [1.807, 2.05) is 0 Å². The van der Waals surface area contributed by atoms with E-state index in [-0.39, 0.29) is 8.72 Å². The number of aromatic hydroxyl groups is 1. The molecule has 12 heavy (non-hydrogen) atoms. The number of aromatic nitrogens is 1. The van der Waals surface area contributed by atoms with Crippen LogP contribution in [0.15, 0.2) is 6.20 Å². The van der Waals surface area contributed by atoms with Crippen molar-refractivity contribution in [2.24, 2.45) is 0 Å². The fourth-order valence-corrected chi connectivity index (χ4v) is 1.33. The zero-order chi connectivity index (χ0) is 9.30. The third-order valence-corrected chi connectivity index (χ3v) is 2.31. The van der Waals surface area contributed by atoms with Crippen LogP contribution in [0, 0.1) is 3.70 Å². The van der Waals surface area contributed by atoms with Gasteiger partial charge in [-0.05, 0) is 22.6 Å². The van der Waals surface area contributed by atoms with Gasteiger partial charge in [0.05, 0.1) is 10.6 Å². The first-order valence-corrected chi connectivity index (χ1v) is 4.30. The van der Waals surface area contributed by atoms with Gasteiger partial charge in [0, 0.05) is 6.20 Å². The van der Waals surface area contributed by atoms with Crippen LogP contribution in [0.25, 0.3) is 0 Å². The number of halogens is 4. The molecule has 1 heterocycles. The molecule has 0 aliphatic rings. The monoisotopic (exact) mass is 305 g/mol. The summed E-state index contributed by atoms with van der Waals surface area (Å²) in [5, 5.41) is 8.89. The van der Waals surface area contributed by atoms with E-state index >= 15 is 0 Å². The lowest BCUT2D eigenvalue weighted by molar-refractivity contribution is 0.147. The van der Waals surface area contributed by atoms with E-state index in [4.69, 9.17) is 16.7 Å². The van der Waals surface area contributed by atoms with Gasteiger partial charge in [0.25, 0.3) is 6.43 Å². The maximum absolute atomic E-state index is 12.2. The van der Waals surface area contributed by atoms with Crippen molar-refractivity contribution in [3.63, 3.8) is 0 Å².